The number of benzene rings is 1. The lowest BCUT2D eigenvalue weighted by Crippen LogP contribution is -2.13. The van der Waals surface area contributed by atoms with Gasteiger partial charge in [0.2, 0.25) is 0 Å². The van der Waals surface area contributed by atoms with Gasteiger partial charge in [-0.1, -0.05) is 30.3 Å². The maximum atomic E-state index is 12.1. The molecule has 0 radical (unpaired) electrons. The standard InChI is InChI=1S/C14H15IN2O2/c1-3-17-13(12(15)10(2)16-17)14(18)19-9-11-7-5-4-6-8-11/h4-8H,3,9H2,1-2H3. The zero-order chi connectivity index (χ0) is 13.8. The molecule has 5 heteroatoms. The third-order valence-electron chi connectivity index (χ3n) is 2.76. The Balaban J connectivity index is 2.12. The van der Waals surface area contributed by atoms with Gasteiger partial charge in [-0.25, -0.2) is 4.79 Å². The Hall–Kier alpha value is -1.37. The van der Waals surface area contributed by atoms with E-state index in [1.807, 2.05) is 44.2 Å². The topological polar surface area (TPSA) is 44.1 Å². The molecule has 0 spiro atoms. The molecule has 0 amide bonds. The Morgan fingerprint density at radius 2 is 2.05 bits per heavy atom. The number of ether oxygens (including phenoxy) is 1. The number of esters is 1. The molecular formula is C14H15IN2O2. The van der Waals surface area contributed by atoms with Crippen LogP contribution in [0.25, 0.3) is 0 Å². The molecular weight excluding hydrogens is 355 g/mol. The van der Waals surface area contributed by atoms with Gasteiger partial charge >= 0.3 is 5.97 Å². The number of aromatic nitrogens is 2. The van der Waals surface area contributed by atoms with Crippen LogP contribution in [-0.2, 0) is 17.9 Å². The number of carbonyl (C=O) groups is 1. The van der Waals surface area contributed by atoms with Crippen LogP contribution in [0.4, 0.5) is 0 Å². The fraction of sp³-hybridized carbons (Fsp3) is 0.286. The Morgan fingerprint density at radius 1 is 1.37 bits per heavy atom. The molecule has 0 unspecified atom stereocenters. The lowest BCUT2D eigenvalue weighted by Gasteiger charge is -2.06. The summed E-state index contributed by atoms with van der Waals surface area (Å²) >= 11 is 2.13. The number of carbonyl (C=O) groups excluding carboxylic acids is 1. The van der Waals surface area contributed by atoms with Crippen LogP contribution in [0.5, 0.6) is 0 Å². The maximum absolute atomic E-state index is 12.1. The van der Waals surface area contributed by atoms with Gasteiger partial charge in [0.1, 0.15) is 6.61 Å². The number of rotatable bonds is 4. The smallest absolute Gasteiger partial charge is 0.358 e. The van der Waals surface area contributed by atoms with Gasteiger partial charge < -0.3 is 4.74 Å². The summed E-state index contributed by atoms with van der Waals surface area (Å²) in [6, 6.07) is 9.64. The fourth-order valence-electron chi connectivity index (χ4n) is 1.77. The first-order valence-electron chi connectivity index (χ1n) is 6.07. The number of nitrogens with zero attached hydrogens (tertiary/aromatic N) is 2. The molecule has 0 aliphatic rings. The second kappa shape index (κ2) is 6.18. The van der Waals surface area contributed by atoms with Gasteiger partial charge in [-0.3, -0.25) is 4.68 Å². The molecule has 0 N–H and O–H groups in total. The zero-order valence-electron chi connectivity index (χ0n) is 10.9. The summed E-state index contributed by atoms with van der Waals surface area (Å²) in [5.41, 5.74) is 2.37. The SMILES string of the molecule is CCn1nc(C)c(I)c1C(=O)OCc1ccccc1. The molecule has 0 aliphatic heterocycles. The van der Waals surface area contributed by atoms with Gasteiger partial charge in [0, 0.05) is 6.54 Å². The van der Waals surface area contributed by atoms with Crippen LogP contribution in [0, 0.1) is 10.5 Å². The van der Waals surface area contributed by atoms with E-state index < -0.39 is 0 Å². The van der Waals surface area contributed by atoms with Crippen molar-refractivity contribution in [1.82, 2.24) is 9.78 Å². The molecule has 1 aromatic carbocycles. The third kappa shape index (κ3) is 3.15. The lowest BCUT2D eigenvalue weighted by atomic mass is 10.2. The normalized spacial score (nSPS) is 10.5. The molecule has 2 aromatic rings. The van der Waals surface area contributed by atoms with Crippen molar-refractivity contribution < 1.29 is 9.53 Å². The van der Waals surface area contributed by atoms with Crippen LogP contribution >= 0.6 is 22.6 Å². The monoisotopic (exact) mass is 370 g/mol. The third-order valence-corrected chi connectivity index (χ3v) is 4.05. The first-order valence-corrected chi connectivity index (χ1v) is 7.15. The highest BCUT2D eigenvalue weighted by Crippen LogP contribution is 2.18. The first-order chi connectivity index (χ1) is 9.13. The summed E-state index contributed by atoms with van der Waals surface area (Å²) in [4.78, 5) is 12.1. The van der Waals surface area contributed by atoms with E-state index in [9.17, 15) is 4.79 Å². The molecule has 0 saturated heterocycles. The van der Waals surface area contributed by atoms with Crippen molar-refractivity contribution in [2.45, 2.75) is 27.0 Å². The van der Waals surface area contributed by atoms with Crippen LogP contribution in [0.3, 0.4) is 0 Å². The zero-order valence-corrected chi connectivity index (χ0v) is 13.0. The van der Waals surface area contributed by atoms with Crippen LogP contribution in [-0.4, -0.2) is 15.7 Å². The molecule has 100 valence electrons. The molecule has 0 aliphatic carbocycles. The summed E-state index contributed by atoms with van der Waals surface area (Å²) in [6.45, 7) is 4.78. The quantitative estimate of drug-likeness (QED) is 0.614. The van der Waals surface area contributed by atoms with Crippen molar-refractivity contribution in [2.24, 2.45) is 0 Å². The molecule has 0 saturated carbocycles. The van der Waals surface area contributed by atoms with Crippen molar-refractivity contribution in [3.8, 4) is 0 Å². The highest BCUT2D eigenvalue weighted by Gasteiger charge is 2.20. The van der Waals surface area contributed by atoms with Gasteiger partial charge in [-0.2, -0.15) is 5.10 Å². The lowest BCUT2D eigenvalue weighted by molar-refractivity contribution is 0.0457. The minimum atomic E-state index is -0.323. The van der Waals surface area contributed by atoms with E-state index >= 15 is 0 Å². The van der Waals surface area contributed by atoms with E-state index in [4.69, 9.17) is 4.74 Å². The second-order valence-electron chi connectivity index (χ2n) is 4.13. The summed E-state index contributed by atoms with van der Waals surface area (Å²) in [5, 5.41) is 4.31. The first kappa shape index (κ1) is 14.0. The highest BCUT2D eigenvalue weighted by molar-refractivity contribution is 14.1. The minimum absolute atomic E-state index is 0.281. The Labute approximate surface area is 125 Å². The van der Waals surface area contributed by atoms with Crippen molar-refractivity contribution in [1.29, 1.82) is 0 Å². The average molecular weight is 370 g/mol. The molecule has 1 heterocycles. The molecule has 4 nitrogen and oxygen atoms in total. The average Bonchev–Trinajstić information content (AvgIpc) is 2.73. The second-order valence-corrected chi connectivity index (χ2v) is 5.20. The fourth-order valence-corrected chi connectivity index (χ4v) is 2.38. The van der Waals surface area contributed by atoms with Crippen molar-refractivity contribution in [3.05, 3.63) is 50.9 Å². The Kier molecular flexibility index (Phi) is 4.57. The summed E-state index contributed by atoms with van der Waals surface area (Å²) in [7, 11) is 0. The van der Waals surface area contributed by atoms with Crippen LogP contribution < -0.4 is 0 Å². The van der Waals surface area contributed by atoms with E-state index in [1.54, 1.807) is 4.68 Å². The summed E-state index contributed by atoms with van der Waals surface area (Å²) in [5.74, 6) is -0.323. The van der Waals surface area contributed by atoms with Gasteiger partial charge in [0.25, 0.3) is 0 Å². The van der Waals surface area contributed by atoms with Crippen molar-refractivity contribution in [3.63, 3.8) is 0 Å². The Bertz CT molecular complexity index is 579. The molecule has 1 aromatic heterocycles. The van der Waals surface area contributed by atoms with Crippen LogP contribution in [0.15, 0.2) is 30.3 Å². The van der Waals surface area contributed by atoms with E-state index in [0.29, 0.717) is 12.2 Å². The number of halogens is 1. The molecule has 0 fully saturated rings. The predicted molar refractivity (Wildman–Crippen MR) is 80.9 cm³/mol. The summed E-state index contributed by atoms with van der Waals surface area (Å²) < 4.78 is 7.89. The van der Waals surface area contributed by atoms with Gasteiger partial charge in [-0.15, -0.1) is 0 Å². The molecule has 0 atom stereocenters. The summed E-state index contributed by atoms with van der Waals surface area (Å²) in [6.07, 6.45) is 0. The Morgan fingerprint density at radius 3 is 2.68 bits per heavy atom. The highest BCUT2D eigenvalue weighted by atomic mass is 127. The van der Waals surface area contributed by atoms with Gasteiger partial charge in [0.05, 0.1) is 9.26 Å². The minimum Gasteiger partial charge on any atom is -0.456 e. The number of aryl methyl sites for hydroxylation is 2. The van der Waals surface area contributed by atoms with E-state index in [1.165, 1.54) is 0 Å². The van der Waals surface area contributed by atoms with Crippen LogP contribution in [0.2, 0.25) is 0 Å². The number of hydrogen-bond donors (Lipinski definition) is 0. The van der Waals surface area contributed by atoms with E-state index in [0.717, 1.165) is 14.8 Å². The molecule has 19 heavy (non-hydrogen) atoms. The number of hydrogen-bond acceptors (Lipinski definition) is 3. The van der Waals surface area contributed by atoms with Crippen LogP contribution in [0.1, 0.15) is 28.7 Å². The van der Waals surface area contributed by atoms with Crippen molar-refractivity contribution in [2.75, 3.05) is 0 Å². The van der Waals surface area contributed by atoms with Gasteiger partial charge in [0.15, 0.2) is 5.69 Å². The predicted octanol–water partition coefficient (Wildman–Crippen LogP) is 3.17. The largest absolute Gasteiger partial charge is 0.456 e. The molecule has 0 bridgehead atoms. The van der Waals surface area contributed by atoms with E-state index in [2.05, 4.69) is 27.7 Å². The maximum Gasteiger partial charge on any atom is 0.358 e. The molecule has 2 rings (SSSR count). The van der Waals surface area contributed by atoms with Crippen molar-refractivity contribution >= 4 is 28.6 Å². The van der Waals surface area contributed by atoms with E-state index in [-0.39, 0.29) is 12.6 Å². The van der Waals surface area contributed by atoms with Gasteiger partial charge in [-0.05, 0) is 42.0 Å².